The molecule has 0 heterocycles. The zero-order valence-corrected chi connectivity index (χ0v) is 12.9. The average Bonchev–Trinajstić information content (AvgIpc) is 2.26. The molecule has 0 bridgehead atoms. The minimum Gasteiger partial charge on any atom is -0.353 e. The van der Waals surface area contributed by atoms with Crippen LogP contribution in [-0.2, 0) is 17.4 Å². The maximum absolute atomic E-state index is 12.4. The molecule has 2 atom stereocenters. The molecule has 1 aromatic rings. The Kier molecular flexibility index (Phi) is 6.05. The summed E-state index contributed by atoms with van der Waals surface area (Å²) in [7, 11) is 0. The molecule has 6 heteroatoms. The third-order valence-electron chi connectivity index (χ3n) is 2.73. The molecule has 0 aromatic heterocycles. The van der Waals surface area contributed by atoms with E-state index < -0.39 is 11.7 Å². The van der Waals surface area contributed by atoms with Gasteiger partial charge in [-0.3, -0.25) is 4.79 Å². The van der Waals surface area contributed by atoms with Crippen LogP contribution < -0.4 is 5.32 Å². The first-order valence-electron chi connectivity index (χ1n) is 6.28. The first-order chi connectivity index (χ1) is 9.18. The number of alkyl halides is 4. The molecular weight excluding hydrogens is 335 g/mol. The lowest BCUT2D eigenvalue weighted by Crippen LogP contribution is -2.34. The van der Waals surface area contributed by atoms with Crippen molar-refractivity contribution in [3.8, 4) is 0 Å². The van der Waals surface area contributed by atoms with Gasteiger partial charge in [-0.15, -0.1) is 0 Å². The van der Waals surface area contributed by atoms with Gasteiger partial charge in [0.05, 0.1) is 12.0 Å². The van der Waals surface area contributed by atoms with Crippen molar-refractivity contribution in [3.63, 3.8) is 0 Å². The van der Waals surface area contributed by atoms with Crippen LogP contribution >= 0.6 is 15.9 Å². The first-order valence-corrected chi connectivity index (χ1v) is 7.19. The lowest BCUT2D eigenvalue weighted by atomic mass is 10.1. The Balaban J connectivity index is 2.54. The fourth-order valence-corrected chi connectivity index (χ4v) is 2.43. The van der Waals surface area contributed by atoms with Gasteiger partial charge in [0.15, 0.2) is 0 Å². The Hall–Kier alpha value is -1.04. The van der Waals surface area contributed by atoms with E-state index in [1.54, 1.807) is 0 Å². The number of hydrogen-bond donors (Lipinski definition) is 1. The minimum atomic E-state index is -4.35. The van der Waals surface area contributed by atoms with E-state index in [9.17, 15) is 18.0 Å². The summed E-state index contributed by atoms with van der Waals surface area (Å²) in [5, 5.41) is 2.81. The van der Waals surface area contributed by atoms with E-state index in [0.717, 1.165) is 18.6 Å². The summed E-state index contributed by atoms with van der Waals surface area (Å²) in [6.45, 7) is 3.88. The molecule has 112 valence electrons. The third kappa shape index (κ3) is 5.94. The second-order valence-electron chi connectivity index (χ2n) is 4.86. The van der Waals surface area contributed by atoms with Crippen molar-refractivity contribution in [1.29, 1.82) is 0 Å². The summed E-state index contributed by atoms with van der Waals surface area (Å²) in [4.78, 5) is 12.0. The number of nitrogens with one attached hydrogen (secondary N) is 1. The number of carbonyl (C=O) groups excluding carboxylic acids is 1. The molecule has 0 aliphatic heterocycles. The van der Waals surface area contributed by atoms with Crippen LogP contribution in [0.15, 0.2) is 24.3 Å². The van der Waals surface area contributed by atoms with Gasteiger partial charge in [-0.1, -0.05) is 35.0 Å². The van der Waals surface area contributed by atoms with Crippen LogP contribution in [-0.4, -0.2) is 16.8 Å². The van der Waals surface area contributed by atoms with Crippen LogP contribution in [0.2, 0.25) is 0 Å². The molecule has 1 N–H and O–H groups in total. The van der Waals surface area contributed by atoms with Crippen molar-refractivity contribution in [2.24, 2.45) is 0 Å². The number of halogens is 4. The molecule has 0 spiro atoms. The van der Waals surface area contributed by atoms with Gasteiger partial charge in [0.2, 0.25) is 5.91 Å². The van der Waals surface area contributed by atoms with Gasteiger partial charge in [0, 0.05) is 10.9 Å². The second-order valence-corrected chi connectivity index (χ2v) is 6.42. The summed E-state index contributed by atoms with van der Waals surface area (Å²) >= 11 is 3.40. The molecule has 1 aromatic carbocycles. The molecule has 0 saturated heterocycles. The molecule has 2 nitrogen and oxygen atoms in total. The molecule has 0 fully saturated rings. The molecule has 0 radical (unpaired) electrons. The highest BCUT2D eigenvalue weighted by molar-refractivity contribution is 9.09. The molecule has 1 rings (SSSR count). The quantitative estimate of drug-likeness (QED) is 0.800. The van der Waals surface area contributed by atoms with Crippen molar-refractivity contribution in [1.82, 2.24) is 5.32 Å². The number of rotatable bonds is 5. The number of carbonyl (C=O) groups is 1. The SMILES string of the molecule is CC(Br)CC(C)NC(=O)Cc1ccc(C(F)(F)F)cc1. The molecule has 2 unspecified atom stereocenters. The maximum Gasteiger partial charge on any atom is 0.416 e. The maximum atomic E-state index is 12.4. The Bertz CT molecular complexity index is 443. The van der Waals surface area contributed by atoms with E-state index in [4.69, 9.17) is 0 Å². The molecule has 1 amide bonds. The standard InChI is InChI=1S/C14H17BrF3NO/c1-9(15)7-10(2)19-13(20)8-11-3-5-12(6-4-11)14(16,17)18/h3-6,9-10H,7-8H2,1-2H3,(H,19,20). The fourth-order valence-electron chi connectivity index (χ4n) is 1.87. The summed E-state index contributed by atoms with van der Waals surface area (Å²) in [5.74, 6) is -0.189. The van der Waals surface area contributed by atoms with Crippen molar-refractivity contribution >= 4 is 21.8 Å². The molecule has 0 saturated carbocycles. The monoisotopic (exact) mass is 351 g/mol. The molecular formula is C14H17BrF3NO. The Morgan fingerprint density at radius 1 is 1.25 bits per heavy atom. The topological polar surface area (TPSA) is 29.1 Å². The van der Waals surface area contributed by atoms with Gasteiger partial charge >= 0.3 is 6.18 Å². The lowest BCUT2D eigenvalue weighted by Gasteiger charge is -2.15. The Morgan fingerprint density at radius 3 is 2.25 bits per heavy atom. The Labute approximate surface area is 124 Å². The normalized spacial score (nSPS) is 14.7. The predicted octanol–water partition coefficient (Wildman–Crippen LogP) is 3.93. The highest BCUT2D eigenvalue weighted by atomic mass is 79.9. The van der Waals surface area contributed by atoms with E-state index in [1.807, 2.05) is 13.8 Å². The summed E-state index contributed by atoms with van der Waals surface area (Å²) in [6, 6.07) is 4.67. The zero-order valence-electron chi connectivity index (χ0n) is 11.3. The fraction of sp³-hybridized carbons (Fsp3) is 0.500. The van der Waals surface area contributed by atoms with Crippen LogP contribution in [0.3, 0.4) is 0 Å². The zero-order chi connectivity index (χ0) is 15.3. The van der Waals surface area contributed by atoms with Gasteiger partial charge in [0.25, 0.3) is 0 Å². The van der Waals surface area contributed by atoms with Crippen molar-refractivity contribution in [2.75, 3.05) is 0 Å². The highest BCUT2D eigenvalue weighted by Crippen LogP contribution is 2.29. The van der Waals surface area contributed by atoms with E-state index >= 15 is 0 Å². The molecule has 0 aliphatic carbocycles. The van der Waals surface area contributed by atoms with Crippen molar-refractivity contribution in [2.45, 2.75) is 43.7 Å². The number of hydrogen-bond acceptors (Lipinski definition) is 1. The predicted molar refractivity (Wildman–Crippen MR) is 75.8 cm³/mol. The van der Waals surface area contributed by atoms with Crippen molar-refractivity contribution < 1.29 is 18.0 Å². The van der Waals surface area contributed by atoms with E-state index in [1.165, 1.54) is 12.1 Å². The van der Waals surface area contributed by atoms with Gasteiger partial charge < -0.3 is 5.32 Å². The second kappa shape index (κ2) is 7.11. The smallest absolute Gasteiger partial charge is 0.353 e. The summed E-state index contributed by atoms with van der Waals surface area (Å²) in [5.41, 5.74) is -0.141. The van der Waals surface area contributed by atoms with E-state index in [2.05, 4.69) is 21.2 Å². The van der Waals surface area contributed by atoms with Gasteiger partial charge in [0.1, 0.15) is 0 Å². The molecule has 20 heavy (non-hydrogen) atoms. The van der Waals surface area contributed by atoms with Crippen LogP contribution in [0.25, 0.3) is 0 Å². The van der Waals surface area contributed by atoms with Gasteiger partial charge in [-0.25, -0.2) is 0 Å². The Morgan fingerprint density at radius 2 is 1.80 bits per heavy atom. The summed E-state index contributed by atoms with van der Waals surface area (Å²) < 4.78 is 37.2. The largest absolute Gasteiger partial charge is 0.416 e. The van der Waals surface area contributed by atoms with Crippen LogP contribution in [0.4, 0.5) is 13.2 Å². The highest BCUT2D eigenvalue weighted by Gasteiger charge is 2.29. The van der Waals surface area contributed by atoms with Crippen LogP contribution in [0, 0.1) is 0 Å². The van der Waals surface area contributed by atoms with Crippen LogP contribution in [0.5, 0.6) is 0 Å². The lowest BCUT2D eigenvalue weighted by molar-refractivity contribution is -0.137. The minimum absolute atomic E-state index is 0.0197. The van der Waals surface area contributed by atoms with Crippen LogP contribution in [0.1, 0.15) is 31.4 Å². The number of amides is 1. The van der Waals surface area contributed by atoms with Crippen molar-refractivity contribution in [3.05, 3.63) is 35.4 Å². The van der Waals surface area contributed by atoms with Gasteiger partial charge in [-0.05, 0) is 31.0 Å². The third-order valence-corrected chi connectivity index (χ3v) is 3.11. The van der Waals surface area contributed by atoms with Gasteiger partial charge in [-0.2, -0.15) is 13.2 Å². The summed E-state index contributed by atoms with van der Waals surface area (Å²) in [6.07, 6.45) is -3.47. The average molecular weight is 352 g/mol. The molecule has 0 aliphatic rings. The number of benzene rings is 1. The van der Waals surface area contributed by atoms with E-state index in [0.29, 0.717) is 10.4 Å². The first kappa shape index (κ1) is 17.0. The van der Waals surface area contributed by atoms with E-state index in [-0.39, 0.29) is 18.4 Å².